The highest BCUT2D eigenvalue weighted by Crippen LogP contribution is 2.31. The Hall–Kier alpha value is -2.17. The lowest BCUT2D eigenvalue weighted by atomic mass is 9.80. The largest absolute Gasteiger partial charge is 0.425 e. The van der Waals surface area contributed by atoms with Crippen molar-refractivity contribution in [1.82, 2.24) is 15.1 Å². The predicted octanol–water partition coefficient (Wildman–Crippen LogP) is 4.15. The minimum absolute atomic E-state index is 0.00294. The van der Waals surface area contributed by atoms with E-state index in [0.717, 1.165) is 38.2 Å². The number of amides is 1. The van der Waals surface area contributed by atoms with Crippen LogP contribution in [0.1, 0.15) is 68.4 Å². The van der Waals surface area contributed by atoms with Crippen LogP contribution in [-0.2, 0) is 10.2 Å². The van der Waals surface area contributed by atoms with E-state index in [1.807, 2.05) is 11.8 Å². The van der Waals surface area contributed by atoms with E-state index in [0.29, 0.717) is 12.3 Å². The molecular formula is C21H29N3O2. The minimum Gasteiger partial charge on any atom is -0.425 e. The van der Waals surface area contributed by atoms with Crippen LogP contribution in [0.4, 0.5) is 0 Å². The van der Waals surface area contributed by atoms with Crippen LogP contribution in [0.5, 0.6) is 0 Å². The van der Waals surface area contributed by atoms with Crippen molar-refractivity contribution in [2.24, 2.45) is 0 Å². The van der Waals surface area contributed by atoms with Gasteiger partial charge in [0.1, 0.15) is 0 Å². The Kier molecular flexibility index (Phi) is 5.44. The molecule has 1 amide bonds. The van der Waals surface area contributed by atoms with Gasteiger partial charge in [-0.3, -0.25) is 4.79 Å². The third kappa shape index (κ3) is 4.32. The van der Waals surface area contributed by atoms with Gasteiger partial charge in [-0.2, -0.15) is 0 Å². The van der Waals surface area contributed by atoms with Gasteiger partial charge < -0.3 is 9.32 Å². The van der Waals surface area contributed by atoms with Crippen molar-refractivity contribution in [2.75, 3.05) is 13.1 Å². The predicted molar refractivity (Wildman–Crippen MR) is 101 cm³/mol. The molecule has 0 saturated carbocycles. The first kappa shape index (κ1) is 18.6. The van der Waals surface area contributed by atoms with Crippen LogP contribution in [0.15, 0.2) is 28.7 Å². The number of benzene rings is 1. The van der Waals surface area contributed by atoms with Crippen molar-refractivity contribution in [3.8, 4) is 0 Å². The second-order valence-electron chi connectivity index (χ2n) is 8.06. The fourth-order valence-corrected chi connectivity index (χ4v) is 3.58. The van der Waals surface area contributed by atoms with Crippen molar-refractivity contribution >= 4 is 5.91 Å². The highest BCUT2D eigenvalue weighted by Gasteiger charge is 2.28. The maximum atomic E-state index is 12.7. The summed E-state index contributed by atoms with van der Waals surface area (Å²) in [5.41, 5.74) is 2.56. The maximum Gasteiger partial charge on any atom is 0.222 e. The first-order valence-electron chi connectivity index (χ1n) is 9.50. The molecule has 26 heavy (non-hydrogen) atoms. The monoisotopic (exact) mass is 355 g/mol. The fourth-order valence-electron chi connectivity index (χ4n) is 3.58. The van der Waals surface area contributed by atoms with Crippen molar-refractivity contribution < 1.29 is 9.21 Å². The summed E-state index contributed by atoms with van der Waals surface area (Å²) in [5.74, 6) is 1.86. The molecule has 2 heterocycles. The topological polar surface area (TPSA) is 59.2 Å². The molecule has 140 valence electrons. The number of carbonyl (C=O) groups excluding carboxylic acids is 1. The fraction of sp³-hybridized carbons (Fsp3) is 0.571. The van der Waals surface area contributed by atoms with Crippen molar-refractivity contribution in [1.29, 1.82) is 0 Å². The molecule has 1 fully saturated rings. The Morgan fingerprint density at radius 3 is 2.38 bits per heavy atom. The zero-order chi connectivity index (χ0) is 18.7. The number of rotatable bonds is 5. The van der Waals surface area contributed by atoms with E-state index in [1.165, 1.54) is 11.1 Å². The SMILES string of the molecule is Cc1ccc(C(C)(C)CCC(=O)N2CCC(c3nnc(C)o3)CC2)cc1. The Morgan fingerprint density at radius 1 is 1.15 bits per heavy atom. The van der Waals surface area contributed by atoms with Crippen LogP contribution in [0.2, 0.25) is 0 Å². The summed E-state index contributed by atoms with van der Waals surface area (Å²) in [7, 11) is 0. The highest BCUT2D eigenvalue weighted by atomic mass is 16.4. The Morgan fingerprint density at radius 2 is 1.81 bits per heavy atom. The van der Waals surface area contributed by atoms with E-state index < -0.39 is 0 Å². The van der Waals surface area contributed by atoms with Crippen LogP contribution in [0.25, 0.3) is 0 Å². The van der Waals surface area contributed by atoms with Gasteiger partial charge in [-0.1, -0.05) is 43.7 Å². The van der Waals surface area contributed by atoms with Gasteiger partial charge in [-0.25, -0.2) is 0 Å². The van der Waals surface area contributed by atoms with Crippen LogP contribution in [0, 0.1) is 13.8 Å². The van der Waals surface area contributed by atoms with Crippen LogP contribution < -0.4 is 0 Å². The summed E-state index contributed by atoms with van der Waals surface area (Å²) in [6.45, 7) is 9.89. The first-order valence-corrected chi connectivity index (χ1v) is 9.50. The molecule has 0 unspecified atom stereocenters. The Bertz CT molecular complexity index is 741. The van der Waals surface area contributed by atoms with Gasteiger partial charge >= 0.3 is 0 Å². The zero-order valence-electron chi connectivity index (χ0n) is 16.3. The standard InChI is InChI=1S/C21H29N3O2/c1-15-5-7-18(8-6-15)21(3,4)12-9-19(25)24-13-10-17(11-14-24)20-23-22-16(2)26-20/h5-8,17H,9-14H2,1-4H3. The summed E-state index contributed by atoms with van der Waals surface area (Å²) in [4.78, 5) is 14.6. The van der Waals surface area contributed by atoms with Crippen LogP contribution in [0.3, 0.4) is 0 Å². The molecule has 1 saturated heterocycles. The van der Waals surface area contributed by atoms with Gasteiger partial charge in [0, 0.05) is 32.4 Å². The van der Waals surface area contributed by atoms with Crippen LogP contribution >= 0.6 is 0 Å². The molecule has 0 N–H and O–H groups in total. The second kappa shape index (κ2) is 7.60. The average molecular weight is 355 g/mol. The van der Waals surface area contributed by atoms with E-state index in [4.69, 9.17) is 4.42 Å². The maximum absolute atomic E-state index is 12.7. The molecule has 0 aliphatic carbocycles. The molecule has 5 nitrogen and oxygen atoms in total. The highest BCUT2D eigenvalue weighted by molar-refractivity contribution is 5.76. The number of likely N-dealkylation sites (tertiary alicyclic amines) is 1. The molecule has 0 radical (unpaired) electrons. The number of aromatic nitrogens is 2. The molecule has 1 aromatic heterocycles. The second-order valence-corrected chi connectivity index (χ2v) is 8.06. The van der Waals surface area contributed by atoms with Crippen molar-refractivity contribution in [3.63, 3.8) is 0 Å². The number of carbonyl (C=O) groups is 1. The number of piperidine rings is 1. The first-order chi connectivity index (χ1) is 12.3. The van der Waals surface area contributed by atoms with Gasteiger partial charge in [0.05, 0.1) is 0 Å². The molecule has 0 atom stereocenters. The summed E-state index contributed by atoms with van der Waals surface area (Å²) in [6.07, 6.45) is 3.24. The van der Waals surface area contributed by atoms with E-state index in [2.05, 4.69) is 55.2 Å². The lowest BCUT2D eigenvalue weighted by molar-refractivity contribution is -0.132. The van der Waals surface area contributed by atoms with Gasteiger partial charge in [0.15, 0.2) is 0 Å². The van der Waals surface area contributed by atoms with E-state index in [-0.39, 0.29) is 17.2 Å². The lowest BCUT2D eigenvalue weighted by Gasteiger charge is -2.32. The smallest absolute Gasteiger partial charge is 0.222 e. The molecule has 1 aliphatic heterocycles. The minimum atomic E-state index is 0.00294. The quantitative estimate of drug-likeness (QED) is 0.808. The molecule has 0 spiro atoms. The Balaban J connectivity index is 1.50. The van der Waals surface area contributed by atoms with E-state index in [1.54, 1.807) is 0 Å². The number of aryl methyl sites for hydroxylation is 2. The number of nitrogens with zero attached hydrogens (tertiary/aromatic N) is 3. The van der Waals surface area contributed by atoms with E-state index in [9.17, 15) is 4.79 Å². The van der Waals surface area contributed by atoms with Gasteiger partial charge in [-0.05, 0) is 37.2 Å². The summed E-state index contributed by atoms with van der Waals surface area (Å²) >= 11 is 0. The summed E-state index contributed by atoms with van der Waals surface area (Å²) in [5, 5.41) is 8.04. The van der Waals surface area contributed by atoms with Gasteiger partial charge in [0.2, 0.25) is 17.7 Å². The van der Waals surface area contributed by atoms with Crippen molar-refractivity contribution in [2.45, 2.75) is 64.7 Å². The lowest BCUT2D eigenvalue weighted by Crippen LogP contribution is -2.38. The third-order valence-electron chi connectivity index (χ3n) is 5.54. The molecule has 2 aromatic rings. The molecule has 1 aliphatic rings. The van der Waals surface area contributed by atoms with Gasteiger partial charge in [0.25, 0.3) is 0 Å². The normalized spacial score (nSPS) is 16.1. The molecular weight excluding hydrogens is 326 g/mol. The molecule has 5 heteroatoms. The molecule has 3 rings (SSSR count). The molecule has 0 bridgehead atoms. The summed E-state index contributed by atoms with van der Waals surface area (Å²) in [6, 6.07) is 8.64. The number of hydrogen-bond acceptors (Lipinski definition) is 4. The third-order valence-corrected chi connectivity index (χ3v) is 5.54. The zero-order valence-corrected chi connectivity index (χ0v) is 16.3. The Labute approximate surface area is 155 Å². The van der Waals surface area contributed by atoms with Crippen molar-refractivity contribution in [3.05, 3.63) is 47.2 Å². The summed E-state index contributed by atoms with van der Waals surface area (Å²) < 4.78 is 5.54. The number of hydrogen-bond donors (Lipinski definition) is 0. The molecule has 1 aromatic carbocycles. The van der Waals surface area contributed by atoms with Crippen LogP contribution in [-0.4, -0.2) is 34.1 Å². The van der Waals surface area contributed by atoms with Gasteiger partial charge in [-0.15, -0.1) is 10.2 Å². The van der Waals surface area contributed by atoms with E-state index >= 15 is 0 Å². The average Bonchev–Trinajstić information content (AvgIpc) is 3.07.